The van der Waals surface area contributed by atoms with Crippen molar-refractivity contribution in [2.75, 3.05) is 18.0 Å². The van der Waals surface area contributed by atoms with Crippen LogP contribution in [0, 0.1) is 0 Å². The summed E-state index contributed by atoms with van der Waals surface area (Å²) in [4.78, 5) is 46.6. The number of ether oxygens (including phenoxy) is 1. The Labute approximate surface area is 214 Å². The fourth-order valence-electron chi connectivity index (χ4n) is 4.96. The van der Waals surface area contributed by atoms with Gasteiger partial charge >= 0.3 is 6.03 Å². The van der Waals surface area contributed by atoms with Crippen molar-refractivity contribution in [3.63, 3.8) is 0 Å². The molecule has 5 rings (SSSR count). The van der Waals surface area contributed by atoms with E-state index < -0.39 is 11.3 Å². The lowest BCUT2D eigenvalue weighted by Crippen LogP contribution is -2.53. The van der Waals surface area contributed by atoms with Gasteiger partial charge in [0.2, 0.25) is 11.8 Å². The fraction of sp³-hybridized carbons (Fsp3) is 0.385. The predicted octanol–water partition coefficient (Wildman–Crippen LogP) is 3.54. The number of nitrogens with zero attached hydrogens (tertiary/aromatic N) is 3. The zero-order valence-corrected chi connectivity index (χ0v) is 21.1. The second-order valence-electron chi connectivity index (χ2n) is 9.35. The maximum Gasteiger partial charge on any atom is 0.327 e. The first-order valence-corrected chi connectivity index (χ1v) is 13.0. The third-order valence-corrected chi connectivity index (χ3v) is 7.75. The molecule has 4 amide bonds. The van der Waals surface area contributed by atoms with Crippen LogP contribution >= 0.6 is 11.8 Å². The van der Waals surface area contributed by atoms with Crippen molar-refractivity contribution in [1.29, 1.82) is 0 Å². The van der Waals surface area contributed by atoms with Crippen LogP contribution in [-0.2, 0) is 9.59 Å². The van der Waals surface area contributed by atoms with Crippen LogP contribution in [0.15, 0.2) is 54.2 Å². The van der Waals surface area contributed by atoms with Gasteiger partial charge in [-0.05, 0) is 51.0 Å². The Morgan fingerprint density at radius 1 is 1.33 bits per heavy atom. The molecule has 0 spiro atoms. The average molecular weight is 508 g/mol. The molecular formula is C26H29N5O4S. The lowest BCUT2D eigenvalue weighted by molar-refractivity contribution is -0.129. The zero-order valence-electron chi connectivity index (χ0n) is 20.3. The first-order chi connectivity index (χ1) is 17.4. The van der Waals surface area contributed by atoms with Crippen molar-refractivity contribution >= 4 is 41.0 Å². The summed E-state index contributed by atoms with van der Waals surface area (Å²) in [7, 11) is 0. The number of pyridine rings is 1. The van der Waals surface area contributed by atoms with Gasteiger partial charge in [0.25, 0.3) is 0 Å². The molecule has 0 saturated carbocycles. The molecular weight excluding hydrogens is 478 g/mol. The standard InChI is InChI=1S/C26H29N5O4S/c1-4-20(32)30-12-6-7-16(14-30)28-24(33)23-22-21-19(10-11-27-25(21)36-23)31(26(34)29-22)17-8-5-9-18(13-17)35-15(2)3/h4-5,8-11,13,15-16,22-23H,1,6-7,12,14H2,2-3H3,(H,28,33)(H,29,34)/t16?,22?,23-/m1/s1. The SMILES string of the molecule is C=CC(=O)N1CCCC(NC(=O)[C@@H]2Sc3nccc4c3C2NC(=O)N4c2cccc(OC(C)C)c2)C1. The van der Waals surface area contributed by atoms with Crippen LogP contribution < -0.4 is 20.3 Å². The maximum absolute atomic E-state index is 13.4. The van der Waals surface area contributed by atoms with Crippen LogP contribution in [-0.4, -0.2) is 58.2 Å². The minimum Gasteiger partial charge on any atom is -0.491 e. The van der Waals surface area contributed by atoms with Crippen LogP contribution in [0.25, 0.3) is 0 Å². The molecule has 3 aliphatic rings. The number of likely N-dealkylation sites (tertiary alicyclic amines) is 1. The Morgan fingerprint density at radius 2 is 2.17 bits per heavy atom. The Bertz CT molecular complexity index is 1220. The number of benzene rings is 1. The van der Waals surface area contributed by atoms with Crippen molar-refractivity contribution < 1.29 is 19.1 Å². The van der Waals surface area contributed by atoms with Gasteiger partial charge in [0.15, 0.2) is 0 Å². The molecule has 0 radical (unpaired) electrons. The normalized spacial score (nSPS) is 22.6. The molecule has 1 aromatic heterocycles. The Kier molecular flexibility index (Phi) is 6.61. The largest absolute Gasteiger partial charge is 0.491 e. The maximum atomic E-state index is 13.4. The molecule has 1 fully saturated rings. The number of aromatic nitrogens is 1. The topological polar surface area (TPSA) is 104 Å². The summed E-state index contributed by atoms with van der Waals surface area (Å²) in [6.45, 7) is 8.56. The molecule has 2 N–H and O–H groups in total. The minimum atomic E-state index is -0.555. The summed E-state index contributed by atoms with van der Waals surface area (Å²) >= 11 is 1.36. The van der Waals surface area contributed by atoms with E-state index >= 15 is 0 Å². The van der Waals surface area contributed by atoms with Gasteiger partial charge in [-0.2, -0.15) is 0 Å². The number of amides is 4. The summed E-state index contributed by atoms with van der Waals surface area (Å²) in [6.07, 6.45) is 4.57. The molecule has 2 unspecified atom stereocenters. The first kappa shape index (κ1) is 24.2. The number of carbonyl (C=O) groups is 3. The lowest BCUT2D eigenvalue weighted by Gasteiger charge is -2.35. The van der Waals surface area contributed by atoms with E-state index in [1.807, 2.05) is 38.1 Å². The molecule has 36 heavy (non-hydrogen) atoms. The highest BCUT2D eigenvalue weighted by Gasteiger charge is 2.47. The molecule has 4 heterocycles. The molecule has 0 bridgehead atoms. The van der Waals surface area contributed by atoms with Crippen molar-refractivity contribution in [1.82, 2.24) is 20.5 Å². The first-order valence-electron chi connectivity index (χ1n) is 12.1. The fourth-order valence-corrected chi connectivity index (χ4v) is 6.19. The molecule has 0 aliphatic carbocycles. The smallest absolute Gasteiger partial charge is 0.327 e. The summed E-state index contributed by atoms with van der Waals surface area (Å²) in [5.41, 5.74) is 2.22. The Hall–Kier alpha value is -3.53. The van der Waals surface area contributed by atoms with Crippen molar-refractivity contribution in [2.24, 2.45) is 0 Å². The number of nitrogens with one attached hydrogen (secondary N) is 2. The Morgan fingerprint density at radius 3 is 2.94 bits per heavy atom. The molecule has 3 atom stereocenters. The number of carbonyl (C=O) groups excluding carboxylic acids is 3. The number of rotatable bonds is 6. The van der Waals surface area contributed by atoms with Crippen molar-refractivity contribution in [2.45, 2.75) is 55.2 Å². The number of thioether (sulfide) groups is 1. The van der Waals surface area contributed by atoms with E-state index in [1.165, 1.54) is 17.8 Å². The van der Waals surface area contributed by atoms with Gasteiger partial charge in [0, 0.05) is 37.0 Å². The summed E-state index contributed by atoms with van der Waals surface area (Å²) in [5.74, 6) is 0.368. The summed E-state index contributed by atoms with van der Waals surface area (Å²) in [6, 6.07) is 8.24. The van der Waals surface area contributed by atoms with E-state index in [1.54, 1.807) is 22.1 Å². The van der Waals surface area contributed by atoms with E-state index in [0.29, 0.717) is 30.2 Å². The van der Waals surface area contributed by atoms with Gasteiger partial charge in [0.05, 0.1) is 23.5 Å². The van der Waals surface area contributed by atoms with E-state index in [-0.39, 0.29) is 30.0 Å². The number of piperidine rings is 1. The minimum absolute atomic E-state index is 0.00629. The van der Waals surface area contributed by atoms with E-state index in [9.17, 15) is 14.4 Å². The molecule has 10 heteroatoms. The Balaban J connectivity index is 1.38. The predicted molar refractivity (Wildman–Crippen MR) is 137 cm³/mol. The molecule has 1 aromatic carbocycles. The van der Waals surface area contributed by atoms with Gasteiger partial charge in [-0.1, -0.05) is 24.4 Å². The van der Waals surface area contributed by atoms with Crippen molar-refractivity contribution in [3.05, 3.63) is 54.7 Å². The van der Waals surface area contributed by atoms with Crippen LogP contribution in [0.4, 0.5) is 16.2 Å². The third kappa shape index (κ3) is 4.53. The molecule has 9 nitrogen and oxygen atoms in total. The molecule has 188 valence electrons. The second-order valence-corrected chi connectivity index (χ2v) is 10.5. The monoisotopic (exact) mass is 507 g/mol. The molecule has 1 saturated heterocycles. The number of urea groups is 1. The van der Waals surface area contributed by atoms with Crippen LogP contribution in [0.5, 0.6) is 5.75 Å². The highest BCUT2D eigenvalue weighted by molar-refractivity contribution is 8.01. The van der Waals surface area contributed by atoms with Crippen LogP contribution in [0.2, 0.25) is 0 Å². The van der Waals surface area contributed by atoms with Gasteiger partial charge in [0.1, 0.15) is 16.0 Å². The summed E-state index contributed by atoms with van der Waals surface area (Å²) in [5, 5.41) is 6.30. The molecule has 3 aliphatic heterocycles. The van der Waals surface area contributed by atoms with E-state index in [0.717, 1.165) is 23.4 Å². The number of hydrogen-bond acceptors (Lipinski definition) is 6. The van der Waals surface area contributed by atoms with Gasteiger partial charge in [-0.15, -0.1) is 0 Å². The van der Waals surface area contributed by atoms with E-state index in [4.69, 9.17) is 4.74 Å². The highest BCUT2D eigenvalue weighted by atomic mass is 32.2. The van der Waals surface area contributed by atoms with Crippen LogP contribution in [0.3, 0.4) is 0 Å². The quantitative estimate of drug-likeness (QED) is 0.580. The highest BCUT2D eigenvalue weighted by Crippen LogP contribution is 2.50. The van der Waals surface area contributed by atoms with Crippen molar-refractivity contribution in [3.8, 4) is 5.75 Å². The van der Waals surface area contributed by atoms with E-state index in [2.05, 4.69) is 22.2 Å². The number of hydrogen-bond donors (Lipinski definition) is 2. The lowest BCUT2D eigenvalue weighted by atomic mass is 9.99. The second kappa shape index (κ2) is 9.85. The van der Waals surface area contributed by atoms with Crippen LogP contribution in [0.1, 0.15) is 38.3 Å². The third-order valence-electron chi connectivity index (χ3n) is 6.47. The number of anilines is 2. The zero-order chi connectivity index (χ0) is 25.4. The average Bonchev–Trinajstić information content (AvgIpc) is 3.23. The summed E-state index contributed by atoms with van der Waals surface area (Å²) < 4.78 is 5.82. The van der Waals surface area contributed by atoms with Gasteiger partial charge < -0.3 is 20.3 Å². The van der Waals surface area contributed by atoms with Gasteiger partial charge in [-0.3, -0.25) is 14.5 Å². The molecule has 2 aromatic rings. The van der Waals surface area contributed by atoms with Gasteiger partial charge in [-0.25, -0.2) is 9.78 Å².